The topological polar surface area (TPSA) is 86.6 Å². The number of carbonyl (C=O) groups excluding carboxylic acids is 2. The fourth-order valence-corrected chi connectivity index (χ4v) is 4.31. The summed E-state index contributed by atoms with van der Waals surface area (Å²) in [6, 6.07) is 12.9. The van der Waals surface area contributed by atoms with Crippen molar-refractivity contribution >= 4 is 28.5 Å². The van der Waals surface area contributed by atoms with E-state index in [1.54, 1.807) is 22.9 Å². The summed E-state index contributed by atoms with van der Waals surface area (Å²) in [5.41, 5.74) is 4.12. The maximum Gasteiger partial charge on any atom is 0.267 e. The molecule has 8 heteroatoms. The number of ether oxygens (including phenoxy) is 2. The summed E-state index contributed by atoms with van der Waals surface area (Å²) in [6.07, 6.45) is 1.46. The molecule has 2 aromatic carbocycles. The predicted octanol–water partition coefficient (Wildman–Crippen LogP) is 3.61. The number of anilines is 1. The van der Waals surface area contributed by atoms with E-state index in [-0.39, 0.29) is 5.56 Å². The minimum absolute atomic E-state index is 0.268. The maximum atomic E-state index is 13.5. The van der Waals surface area contributed by atoms with Crippen molar-refractivity contribution in [2.24, 2.45) is 0 Å². The Kier molecular flexibility index (Phi) is 3.86. The number of aryl methyl sites for hydroxylation is 2. The molecule has 4 heterocycles. The van der Waals surface area contributed by atoms with Crippen LogP contribution in [0.1, 0.15) is 32.0 Å². The van der Waals surface area contributed by atoms with E-state index < -0.39 is 11.8 Å². The molecule has 0 saturated heterocycles. The van der Waals surface area contributed by atoms with Gasteiger partial charge in [-0.2, -0.15) is 5.10 Å². The largest absolute Gasteiger partial charge is 0.486 e. The molecular weight excluding hydrogens is 408 g/mol. The molecule has 0 atom stereocenters. The van der Waals surface area contributed by atoms with Crippen LogP contribution in [-0.2, 0) is 0 Å². The number of nitrogens with zero attached hydrogens (tertiary/aromatic N) is 4. The Labute approximate surface area is 183 Å². The number of hydrogen-bond acceptors (Lipinski definition) is 6. The summed E-state index contributed by atoms with van der Waals surface area (Å²) in [6.45, 7) is 4.70. The Bertz CT molecular complexity index is 1460. The van der Waals surface area contributed by atoms with Crippen molar-refractivity contribution in [2.75, 3.05) is 18.1 Å². The predicted molar refractivity (Wildman–Crippen MR) is 117 cm³/mol. The summed E-state index contributed by atoms with van der Waals surface area (Å²) >= 11 is 0. The number of amides is 2. The molecule has 0 spiro atoms. The van der Waals surface area contributed by atoms with Crippen LogP contribution in [0, 0.1) is 13.8 Å². The number of hydrogen-bond donors (Lipinski definition) is 0. The minimum atomic E-state index is -0.418. The zero-order chi connectivity index (χ0) is 22.0. The van der Waals surface area contributed by atoms with Crippen molar-refractivity contribution in [3.8, 4) is 17.2 Å². The molecule has 0 saturated carbocycles. The number of fused-ring (bicyclic) bond motifs is 4. The Morgan fingerprint density at radius 1 is 0.906 bits per heavy atom. The molecule has 0 N–H and O–H groups in total. The summed E-state index contributed by atoms with van der Waals surface area (Å²) < 4.78 is 12.9. The van der Waals surface area contributed by atoms with Gasteiger partial charge >= 0.3 is 0 Å². The molecule has 6 rings (SSSR count). The van der Waals surface area contributed by atoms with Gasteiger partial charge in [-0.3, -0.25) is 9.59 Å². The first-order valence-corrected chi connectivity index (χ1v) is 10.3. The van der Waals surface area contributed by atoms with E-state index in [2.05, 4.69) is 10.1 Å². The molecule has 2 aliphatic heterocycles. The highest BCUT2D eigenvalue weighted by Gasteiger charge is 2.40. The van der Waals surface area contributed by atoms with E-state index in [0.29, 0.717) is 52.7 Å². The second-order valence-corrected chi connectivity index (χ2v) is 7.86. The van der Waals surface area contributed by atoms with Crippen molar-refractivity contribution in [3.63, 3.8) is 0 Å². The van der Waals surface area contributed by atoms with Crippen molar-refractivity contribution < 1.29 is 19.1 Å². The summed E-state index contributed by atoms with van der Waals surface area (Å²) in [5.74, 6) is 0.285. The van der Waals surface area contributed by atoms with Gasteiger partial charge in [-0.25, -0.2) is 14.6 Å². The van der Waals surface area contributed by atoms with Gasteiger partial charge in [0.2, 0.25) is 0 Å². The monoisotopic (exact) mass is 426 g/mol. The van der Waals surface area contributed by atoms with Gasteiger partial charge < -0.3 is 9.47 Å². The summed E-state index contributed by atoms with van der Waals surface area (Å²) in [7, 11) is 0. The number of rotatable bonds is 2. The van der Waals surface area contributed by atoms with E-state index in [9.17, 15) is 9.59 Å². The molecule has 0 aliphatic carbocycles. The molecule has 0 bridgehead atoms. The fourth-order valence-electron chi connectivity index (χ4n) is 4.31. The molecule has 0 fully saturated rings. The third kappa shape index (κ3) is 2.56. The third-order valence-electron chi connectivity index (χ3n) is 5.75. The smallest absolute Gasteiger partial charge is 0.267 e. The zero-order valence-electron chi connectivity index (χ0n) is 17.5. The summed E-state index contributed by atoms with van der Waals surface area (Å²) in [5, 5.41) is 5.21. The van der Waals surface area contributed by atoms with Crippen LogP contribution in [0.5, 0.6) is 11.5 Å². The zero-order valence-corrected chi connectivity index (χ0v) is 17.5. The first kappa shape index (κ1) is 18.6. The van der Waals surface area contributed by atoms with Gasteiger partial charge in [0.05, 0.1) is 33.6 Å². The van der Waals surface area contributed by atoms with Gasteiger partial charge in [-0.15, -0.1) is 0 Å². The number of imide groups is 1. The highest BCUT2D eigenvalue weighted by molar-refractivity contribution is 6.37. The molecular formula is C24H18N4O4. The lowest BCUT2D eigenvalue weighted by molar-refractivity contribution is 0.0926. The van der Waals surface area contributed by atoms with Gasteiger partial charge in [0.1, 0.15) is 13.2 Å². The number of aromatic nitrogens is 3. The first-order chi connectivity index (χ1) is 15.5. The van der Waals surface area contributed by atoms with Crippen LogP contribution in [0.15, 0.2) is 48.7 Å². The van der Waals surface area contributed by atoms with Crippen molar-refractivity contribution in [1.29, 1.82) is 0 Å². The van der Waals surface area contributed by atoms with Crippen molar-refractivity contribution in [2.45, 2.75) is 13.8 Å². The second kappa shape index (κ2) is 6.65. The first-order valence-electron chi connectivity index (χ1n) is 10.3. The maximum absolute atomic E-state index is 13.5. The van der Waals surface area contributed by atoms with Gasteiger partial charge in [0.15, 0.2) is 17.1 Å². The standard InChI is InChI=1S/C24H18N4O4/c1-13-4-3-5-16(10-13)28-22-20(14(2)26-28)21-17(12-25-22)23(29)27(24(21)30)15-6-7-18-19(11-15)32-9-8-31-18/h3-7,10-12H,8-9H2,1-2H3. The van der Waals surface area contributed by atoms with Crippen LogP contribution in [0.4, 0.5) is 5.69 Å². The normalized spacial score (nSPS) is 14.9. The lowest BCUT2D eigenvalue weighted by atomic mass is 10.1. The Morgan fingerprint density at radius 2 is 1.72 bits per heavy atom. The highest BCUT2D eigenvalue weighted by Crippen LogP contribution is 2.38. The SMILES string of the molecule is Cc1cccc(-n2nc(C)c3c4c(cnc32)C(=O)N(c2ccc3c(c2)OCCO3)C4=O)c1. The second-order valence-electron chi connectivity index (χ2n) is 7.86. The molecule has 4 aromatic rings. The lowest BCUT2D eigenvalue weighted by Gasteiger charge is -2.21. The van der Waals surface area contributed by atoms with Crippen LogP contribution in [-0.4, -0.2) is 39.8 Å². The Balaban J connectivity index is 1.50. The van der Waals surface area contributed by atoms with Crippen LogP contribution in [0.2, 0.25) is 0 Å². The van der Waals surface area contributed by atoms with Crippen molar-refractivity contribution in [3.05, 3.63) is 71.0 Å². The van der Waals surface area contributed by atoms with Crippen LogP contribution < -0.4 is 14.4 Å². The van der Waals surface area contributed by atoms with Crippen LogP contribution >= 0.6 is 0 Å². The molecule has 8 nitrogen and oxygen atoms in total. The Hall–Kier alpha value is -4.20. The van der Waals surface area contributed by atoms with Crippen LogP contribution in [0.25, 0.3) is 16.7 Å². The van der Waals surface area contributed by atoms with E-state index in [0.717, 1.165) is 16.2 Å². The van der Waals surface area contributed by atoms with Gasteiger partial charge in [0.25, 0.3) is 11.8 Å². The van der Waals surface area contributed by atoms with Crippen LogP contribution in [0.3, 0.4) is 0 Å². The van der Waals surface area contributed by atoms with E-state index in [1.807, 2.05) is 38.1 Å². The van der Waals surface area contributed by atoms with E-state index in [1.165, 1.54) is 6.20 Å². The lowest BCUT2D eigenvalue weighted by Crippen LogP contribution is -2.29. The average molecular weight is 426 g/mol. The molecule has 2 aliphatic rings. The highest BCUT2D eigenvalue weighted by atomic mass is 16.6. The molecule has 0 radical (unpaired) electrons. The molecule has 2 aromatic heterocycles. The minimum Gasteiger partial charge on any atom is -0.486 e. The molecule has 0 unspecified atom stereocenters. The number of carbonyl (C=O) groups is 2. The molecule has 158 valence electrons. The van der Waals surface area contributed by atoms with Gasteiger partial charge in [-0.1, -0.05) is 12.1 Å². The molecule has 2 amide bonds. The van der Waals surface area contributed by atoms with Crippen molar-refractivity contribution in [1.82, 2.24) is 14.8 Å². The number of benzene rings is 2. The number of pyridine rings is 1. The van der Waals surface area contributed by atoms with E-state index >= 15 is 0 Å². The molecule has 32 heavy (non-hydrogen) atoms. The van der Waals surface area contributed by atoms with Gasteiger partial charge in [-0.05, 0) is 43.7 Å². The third-order valence-corrected chi connectivity index (χ3v) is 5.75. The average Bonchev–Trinajstić information content (AvgIpc) is 3.27. The van der Waals surface area contributed by atoms with E-state index in [4.69, 9.17) is 9.47 Å². The fraction of sp³-hybridized carbons (Fsp3) is 0.167. The van der Waals surface area contributed by atoms with Gasteiger partial charge in [0, 0.05) is 12.3 Å². The summed E-state index contributed by atoms with van der Waals surface area (Å²) in [4.78, 5) is 32.4. The quantitative estimate of drug-likeness (QED) is 0.455. The Morgan fingerprint density at radius 3 is 2.53 bits per heavy atom.